The lowest BCUT2D eigenvalue weighted by molar-refractivity contribution is 0.0944. The average molecular weight is 331 g/mol. The van der Waals surface area contributed by atoms with Crippen molar-refractivity contribution in [2.24, 2.45) is 5.41 Å². The molecule has 0 aliphatic rings. The molecule has 1 aromatic carbocycles. The Labute approximate surface area is 142 Å². The molecule has 0 bridgehead atoms. The Kier molecular flexibility index (Phi) is 5.84. The molecule has 0 spiro atoms. The summed E-state index contributed by atoms with van der Waals surface area (Å²) in [6.07, 6.45) is 0.910. The zero-order chi connectivity index (χ0) is 17.6. The molecule has 0 saturated heterocycles. The van der Waals surface area contributed by atoms with Crippen LogP contribution in [0.2, 0.25) is 0 Å². The summed E-state index contributed by atoms with van der Waals surface area (Å²) in [5.41, 5.74) is 1.27. The average Bonchev–Trinajstić information content (AvgIpc) is 3.01. The summed E-state index contributed by atoms with van der Waals surface area (Å²) in [5.74, 6) is 1.13. The third kappa shape index (κ3) is 5.30. The molecule has 0 aliphatic heterocycles. The van der Waals surface area contributed by atoms with Crippen molar-refractivity contribution in [2.75, 3.05) is 13.7 Å². The number of carbonyl (C=O) groups excluding carboxylic acids is 1. The van der Waals surface area contributed by atoms with Crippen LogP contribution in [-0.4, -0.2) is 29.8 Å². The van der Waals surface area contributed by atoms with Crippen LogP contribution in [0.3, 0.4) is 0 Å². The minimum atomic E-state index is -0.181. The highest BCUT2D eigenvalue weighted by Gasteiger charge is 2.14. The van der Waals surface area contributed by atoms with Crippen LogP contribution in [-0.2, 0) is 6.61 Å². The molecule has 0 aliphatic carbocycles. The molecule has 6 heteroatoms. The number of ether oxygens (including phenoxy) is 2. The van der Waals surface area contributed by atoms with Gasteiger partial charge in [0.25, 0.3) is 5.91 Å². The van der Waals surface area contributed by atoms with E-state index in [1.165, 1.54) is 0 Å². The summed E-state index contributed by atoms with van der Waals surface area (Å²) in [4.78, 5) is 12.1. The molecule has 2 N–H and O–H groups in total. The van der Waals surface area contributed by atoms with Crippen LogP contribution in [0.25, 0.3) is 0 Å². The highest BCUT2D eigenvalue weighted by molar-refractivity contribution is 5.92. The molecule has 1 heterocycles. The maximum atomic E-state index is 12.1. The number of nitrogens with one attached hydrogen (secondary N) is 2. The fraction of sp³-hybridized carbons (Fsp3) is 0.444. The topological polar surface area (TPSA) is 76.2 Å². The standard InChI is InChI=1S/C18H25N3O3/c1-18(2,3)9-10-19-17(22)14-11-13(20-21-14)12-24-16-8-6-5-7-15(16)23-4/h5-8,11H,9-10,12H2,1-4H3,(H,19,22)(H,20,21). The van der Waals surface area contributed by atoms with Crippen molar-refractivity contribution in [3.63, 3.8) is 0 Å². The summed E-state index contributed by atoms with van der Waals surface area (Å²) in [5, 5.41) is 9.74. The molecule has 0 saturated carbocycles. The molecule has 6 nitrogen and oxygen atoms in total. The number of aromatic amines is 1. The fourth-order valence-corrected chi connectivity index (χ4v) is 2.09. The molecule has 1 amide bonds. The van der Waals surface area contributed by atoms with Crippen molar-refractivity contribution in [2.45, 2.75) is 33.8 Å². The van der Waals surface area contributed by atoms with Gasteiger partial charge in [-0.3, -0.25) is 9.89 Å². The second kappa shape index (κ2) is 7.86. The number of carbonyl (C=O) groups is 1. The number of aromatic nitrogens is 2. The van der Waals surface area contributed by atoms with Crippen LogP contribution in [0, 0.1) is 5.41 Å². The van der Waals surface area contributed by atoms with Crippen molar-refractivity contribution in [3.05, 3.63) is 41.7 Å². The summed E-state index contributed by atoms with van der Waals surface area (Å²) >= 11 is 0. The second-order valence-corrected chi connectivity index (χ2v) is 6.78. The first-order valence-corrected chi connectivity index (χ1v) is 7.97. The van der Waals surface area contributed by atoms with Crippen LogP contribution in [0.5, 0.6) is 11.5 Å². The summed E-state index contributed by atoms with van der Waals surface area (Å²) in [6, 6.07) is 9.11. The Balaban J connectivity index is 1.87. The van der Waals surface area contributed by atoms with E-state index in [0.717, 1.165) is 12.1 Å². The van der Waals surface area contributed by atoms with Crippen LogP contribution in [0.1, 0.15) is 43.4 Å². The van der Waals surface area contributed by atoms with E-state index in [4.69, 9.17) is 9.47 Å². The van der Waals surface area contributed by atoms with Crippen LogP contribution in [0.4, 0.5) is 0 Å². The van der Waals surface area contributed by atoms with Crippen molar-refractivity contribution in [1.82, 2.24) is 15.5 Å². The number of benzene rings is 1. The summed E-state index contributed by atoms with van der Waals surface area (Å²) in [7, 11) is 1.60. The zero-order valence-electron chi connectivity index (χ0n) is 14.7. The van der Waals surface area contributed by atoms with Gasteiger partial charge in [-0.1, -0.05) is 32.9 Å². The first-order valence-electron chi connectivity index (χ1n) is 7.97. The highest BCUT2D eigenvalue weighted by atomic mass is 16.5. The van der Waals surface area contributed by atoms with Crippen LogP contribution < -0.4 is 14.8 Å². The molecule has 0 fully saturated rings. The van der Waals surface area contributed by atoms with E-state index in [2.05, 4.69) is 36.3 Å². The van der Waals surface area contributed by atoms with Gasteiger partial charge in [-0.25, -0.2) is 0 Å². The quantitative estimate of drug-likeness (QED) is 0.817. The van der Waals surface area contributed by atoms with Crippen LogP contribution >= 0.6 is 0 Å². The smallest absolute Gasteiger partial charge is 0.271 e. The number of methoxy groups -OCH3 is 1. The number of rotatable bonds is 7. The number of hydrogen-bond acceptors (Lipinski definition) is 4. The minimum absolute atomic E-state index is 0.181. The van der Waals surface area contributed by atoms with Crippen molar-refractivity contribution < 1.29 is 14.3 Å². The van der Waals surface area contributed by atoms with E-state index in [1.54, 1.807) is 13.2 Å². The first-order chi connectivity index (χ1) is 11.4. The zero-order valence-corrected chi connectivity index (χ0v) is 14.7. The van der Waals surface area contributed by atoms with Gasteiger partial charge in [0.05, 0.1) is 12.8 Å². The predicted molar refractivity (Wildman–Crippen MR) is 92.3 cm³/mol. The monoisotopic (exact) mass is 331 g/mol. The van der Waals surface area contributed by atoms with Crippen molar-refractivity contribution >= 4 is 5.91 Å². The van der Waals surface area contributed by atoms with Gasteiger partial charge in [-0.2, -0.15) is 5.10 Å². The van der Waals surface area contributed by atoms with Gasteiger partial charge in [0, 0.05) is 6.54 Å². The van der Waals surface area contributed by atoms with E-state index < -0.39 is 0 Å². The van der Waals surface area contributed by atoms with Gasteiger partial charge in [0.15, 0.2) is 11.5 Å². The summed E-state index contributed by atoms with van der Waals surface area (Å²) in [6.45, 7) is 7.33. The molecule has 24 heavy (non-hydrogen) atoms. The molecule has 130 valence electrons. The molecule has 0 radical (unpaired) electrons. The van der Waals surface area contributed by atoms with Gasteiger partial charge in [0.1, 0.15) is 12.3 Å². The Morgan fingerprint density at radius 1 is 1.25 bits per heavy atom. The van der Waals surface area contributed by atoms with E-state index in [-0.39, 0.29) is 17.9 Å². The lowest BCUT2D eigenvalue weighted by Crippen LogP contribution is -2.27. The Morgan fingerprint density at radius 2 is 1.96 bits per heavy atom. The third-order valence-corrected chi connectivity index (χ3v) is 3.48. The maximum Gasteiger partial charge on any atom is 0.271 e. The molecular formula is C18H25N3O3. The van der Waals surface area contributed by atoms with Gasteiger partial charge < -0.3 is 14.8 Å². The van der Waals surface area contributed by atoms with Gasteiger partial charge >= 0.3 is 0 Å². The molecular weight excluding hydrogens is 306 g/mol. The highest BCUT2D eigenvalue weighted by Crippen LogP contribution is 2.26. The largest absolute Gasteiger partial charge is 0.493 e. The number of hydrogen-bond donors (Lipinski definition) is 2. The molecule has 1 aromatic heterocycles. The van der Waals surface area contributed by atoms with E-state index in [9.17, 15) is 4.79 Å². The van der Waals surface area contributed by atoms with Crippen molar-refractivity contribution in [3.8, 4) is 11.5 Å². The van der Waals surface area contributed by atoms with E-state index in [0.29, 0.717) is 23.7 Å². The molecule has 2 aromatic rings. The fourth-order valence-electron chi connectivity index (χ4n) is 2.09. The molecule has 0 atom stereocenters. The summed E-state index contributed by atoms with van der Waals surface area (Å²) < 4.78 is 10.9. The lowest BCUT2D eigenvalue weighted by Gasteiger charge is -2.17. The lowest BCUT2D eigenvalue weighted by atomic mass is 9.92. The Morgan fingerprint density at radius 3 is 2.62 bits per heavy atom. The maximum absolute atomic E-state index is 12.1. The molecule has 2 rings (SSSR count). The van der Waals surface area contributed by atoms with Gasteiger partial charge in [0.2, 0.25) is 0 Å². The molecule has 0 unspecified atom stereocenters. The minimum Gasteiger partial charge on any atom is -0.493 e. The van der Waals surface area contributed by atoms with Crippen LogP contribution in [0.15, 0.2) is 30.3 Å². The second-order valence-electron chi connectivity index (χ2n) is 6.78. The number of nitrogens with zero attached hydrogens (tertiary/aromatic N) is 1. The van der Waals surface area contributed by atoms with E-state index in [1.807, 2.05) is 24.3 Å². The first kappa shape index (κ1) is 17.8. The third-order valence-electron chi connectivity index (χ3n) is 3.48. The predicted octanol–water partition coefficient (Wildman–Crippen LogP) is 3.16. The normalized spacial score (nSPS) is 11.2. The van der Waals surface area contributed by atoms with Crippen molar-refractivity contribution in [1.29, 1.82) is 0 Å². The number of para-hydroxylation sites is 2. The number of amides is 1. The van der Waals surface area contributed by atoms with E-state index >= 15 is 0 Å². The van der Waals surface area contributed by atoms with Gasteiger partial charge in [-0.05, 0) is 30.0 Å². The Hall–Kier alpha value is -2.50. The SMILES string of the molecule is COc1ccccc1OCc1cc(C(=O)NCCC(C)(C)C)n[nH]1. The Bertz CT molecular complexity index is 674. The van der Waals surface area contributed by atoms with Gasteiger partial charge in [-0.15, -0.1) is 0 Å². The number of H-pyrrole nitrogens is 1.